The van der Waals surface area contributed by atoms with Crippen LogP contribution in [0.15, 0.2) is 131 Å². The lowest BCUT2D eigenvalue weighted by molar-refractivity contribution is 1.58. The Labute approximate surface area is 218 Å². The van der Waals surface area contributed by atoms with Crippen LogP contribution in [0.2, 0.25) is 0 Å². The Hall–Kier alpha value is -4.60. The standard InChI is InChI=1S/C34H22N2S/c1-3-9-25-19-31-27(17-23(25)7-1)11-5-13-33(31)35-21-29-15-16-30(37-29)22-36-34-14-6-12-28-18-24-8-2-4-10-26(24)20-32(28)34/h1-22H. The molecule has 0 N–H and O–H groups in total. The summed E-state index contributed by atoms with van der Waals surface area (Å²) in [7, 11) is 0. The second-order valence-corrected chi connectivity index (χ2v) is 10.3. The summed E-state index contributed by atoms with van der Waals surface area (Å²) in [6.45, 7) is 0. The number of aliphatic imine (C=N–C) groups is 2. The van der Waals surface area contributed by atoms with Gasteiger partial charge in [0.15, 0.2) is 0 Å². The van der Waals surface area contributed by atoms with Crippen LogP contribution in [-0.2, 0) is 0 Å². The monoisotopic (exact) mass is 490 g/mol. The first-order chi connectivity index (χ1) is 18.3. The van der Waals surface area contributed by atoms with Crippen LogP contribution >= 0.6 is 11.3 Å². The number of hydrogen-bond donors (Lipinski definition) is 0. The van der Waals surface area contributed by atoms with Gasteiger partial charge >= 0.3 is 0 Å². The van der Waals surface area contributed by atoms with E-state index in [-0.39, 0.29) is 0 Å². The number of fused-ring (bicyclic) bond motifs is 4. The van der Waals surface area contributed by atoms with Gasteiger partial charge in [0, 0.05) is 33.0 Å². The highest BCUT2D eigenvalue weighted by Crippen LogP contribution is 2.32. The van der Waals surface area contributed by atoms with E-state index in [1.807, 2.05) is 12.4 Å². The van der Waals surface area contributed by atoms with E-state index in [1.165, 1.54) is 43.1 Å². The molecule has 0 aliphatic heterocycles. The lowest BCUT2D eigenvalue weighted by Gasteiger charge is -2.05. The van der Waals surface area contributed by atoms with E-state index >= 15 is 0 Å². The Morgan fingerprint density at radius 1 is 0.405 bits per heavy atom. The molecule has 7 aromatic rings. The maximum Gasteiger partial charge on any atom is 0.0708 e. The van der Waals surface area contributed by atoms with Gasteiger partial charge in [-0.25, -0.2) is 0 Å². The third-order valence-electron chi connectivity index (χ3n) is 6.76. The third kappa shape index (κ3) is 4.20. The molecule has 2 nitrogen and oxygen atoms in total. The smallest absolute Gasteiger partial charge is 0.0708 e. The highest BCUT2D eigenvalue weighted by Gasteiger charge is 2.04. The molecule has 6 aromatic carbocycles. The first-order valence-electron chi connectivity index (χ1n) is 12.3. The summed E-state index contributed by atoms with van der Waals surface area (Å²) in [6, 6.07) is 42.7. The van der Waals surface area contributed by atoms with Crippen molar-refractivity contribution in [1.82, 2.24) is 0 Å². The SMILES string of the molecule is C(=Nc1cccc2cc3ccccc3cc12)c1ccc(C=Nc2cccc3cc4ccccc4cc23)s1. The number of hydrogen-bond acceptors (Lipinski definition) is 3. The van der Waals surface area contributed by atoms with Crippen molar-refractivity contribution in [3.05, 3.63) is 131 Å². The highest BCUT2D eigenvalue weighted by atomic mass is 32.1. The van der Waals surface area contributed by atoms with Crippen LogP contribution in [0.4, 0.5) is 11.4 Å². The van der Waals surface area contributed by atoms with Crippen LogP contribution in [0, 0.1) is 0 Å². The molecule has 0 radical (unpaired) electrons. The largest absolute Gasteiger partial charge is 0.255 e. The van der Waals surface area contributed by atoms with Gasteiger partial charge in [-0.1, -0.05) is 72.8 Å². The van der Waals surface area contributed by atoms with Crippen molar-refractivity contribution in [1.29, 1.82) is 0 Å². The molecule has 7 rings (SSSR count). The van der Waals surface area contributed by atoms with Crippen molar-refractivity contribution in [2.75, 3.05) is 0 Å². The average molecular weight is 491 g/mol. The second kappa shape index (κ2) is 9.12. The number of nitrogens with zero attached hydrogens (tertiary/aromatic N) is 2. The van der Waals surface area contributed by atoms with Crippen LogP contribution in [0.3, 0.4) is 0 Å². The molecule has 0 fully saturated rings. The maximum atomic E-state index is 4.85. The van der Waals surface area contributed by atoms with Gasteiger partial charge < -0.3 is 0 Å². The first-order valence-corrected chi connectivity index (χ1v) is 13.1. The maximum absolute atomic E-state index is 4.85. The predicted octanol–water partition coefficient (Wildman–Crippen LogP) is 9.86. The summed E-state index contributed by atoms with van der Waals surface area (Å²) in [5, 5.41) is 9.70. The first kappa shape index (κ1) is 21.7. The minimum atomic E-state index is 0.981. The summed E-state index contributed by atoms with van der Waals surface area (Å²) in [5.41, 5.74) is 1.96. The molecule has 174 valence electrons. The molecule has 1 heterocycles. The average Bonchev–Trinajstić information content (AvgIpc) is 3.40. The zero-order valence-electron chi connectivity index (χ0n) is 20.0. The summed E-state index contributed by atoms with van der Waals surface area (Å²) < 4.78 is 0. The predicted molar refractivity (Wildman–Crippen MR) is 162 cm³/mol. The molecule has 0 aliphatic rings. The van der Waals surface area contributed by atoms with E-state index in [0.717, 1.165) is 21.1 Å². The number of thiophene rings is 1. The minimum Gasteiger partial charge on any atom is -0.255 e. The van der Waals surface area contributed by atoms with Gasteiger partial charge in [0.25, 0.3) is 0 Å². The van der Waals surface area contributed by atoms with Crippen LogP contribution < -0.4 is 0 Å². The van der Waals surface area contributed by atoms with E-state index in [4.69, 9.17) is 9.98 Å². The van der Waals surface area contributed by atoms with Crippen molar-refractivity contribution in [2.45, 2.75) is 0 Å². The fourth-order valence-corrected chi connectivity index (χ4v) is 5.65. The molecule has 3 heteroatoms. The Bertz CT molecular complexity index is 1850. The summed E-state index contributed by atoms with van der Waals surface area (Å²) >= 11 is 1.69. The molecule has 0 aliphatic carbocycles. The Kier molecular flexibility index (Phi) is 5.34. The molecule has 0 bridgehead atoms. The quantitative estimate of drug-likeness (QED) is 0.173. The van der Waals surface area contributed by atoms with E-state index in [9.17, 15) is 0 Å². The minimum absolute atomic E-state index is 0.981. The lowest BCUT2D eigenvalue weighted by Crippen LogP contribution is -1.79. The van der Waals surface area contributed by atoms with Crippen molar-refractivity contribution < 1.29 is 0 Å². The van der Waals surface area contributed by atoms with Gasteiger partial charge in [0.05, 0.1) is 11.4 Å². The van der Waals surface area contributed by atoms with E-state index < -0.39 is 0 Å². The third-order valence-corrected chi connectivity index (χ3v) is 7.71. The molecule has 0 saturated heterocycles. The molecule has 1 aromatic heterocycles. The van der Waals surface area contributed by atoms with Crippen LogP contribution in [0.5, 0.6) is 0 Å². The van der Waals surface area contributed by atoms with Gasteiger partial charge in [0.2, 0.25) is 0 Å². The van der Waals surface area contributed by atoms with E-state index in [1.54, 1.807) is 11.3 Å². The fraction of sp³-hybridized carbons (Fsp3) is 0. The van der Waals surface area contributed by atoms with E-state index in [2.05, 4.69) is 121 Å². The molecule has 0 saturated carbocycles. The molecule has 0 amide bonds. The number of rotatable bonds is 4. The van der Waals surface area contributed by atoms with Crippen molar-refractivity contribution in [3.8, 4) is 0 Å². The lowest BCUT2D eigenvalue weighted by atomic mass is 10.0. The van der Waals surface area contributed by atoms with Gasteiger partial charge in [-0.15, -0.1) is 11.3 Å². The summed E-state index contributed by atoms with van der Waals surface area (Å²) in [6.07, 6.45) is 3.91. The van der Waals surface area contributed by atoms with Crippen LogP contribution in [-0.4, -0.2) is 12.4 Å². The van der Waals surface area contributed by atoms with Gasteiger partial charge in [-0.2, -0.15) is 0 Å². The molecule has 0 spiro atoms. The molecule has 0 atom stereocenters. The molecule has 37 heavy (non-hydrogen) atoms. The molecular formula is C34H22N2S. The van der Waals surface area contributed by atoms with Crippen molar-refractivity contribution in [3.63, 3.8) is 0 Å². The highest BCUT2D eigenvalue weighted by molar-refractivity contribution is 7.15. The van der Waals surface area contributed by atoms with Crippen molar-refractivity contribution >= 4 is 78.2 Å². The second-order valence-electron chi connectivity index (χ2n) is 9.15. The zero-order chi connectivity index (χ0) is 24.6. The van der Waals surface area contributed by atoms with E-state index in [0.29, 0.717) is 0 Å². The van der Waals surface area contributed by atoms with Crippen molar-refractivity contribution in [2.24, 2.45) is 9.98 Å². The van der Waals surface area contributed by atoms with Crippen LogP contribution in [0.25, 0.3) is 43.1 Å². The van der Waals surface area contributed by atoms with Gasteiger partial charge in [-0.3, -0.25) is 9.98 Å². The summed E-state index contributed by atoms with van der Waals surface area (Å²) in [5.74, 6) is 0. The zero-order valence-corrected chi connectivity index (χ0v) is 20.8. The Morgan fingerprint density at radius 3 is 1.27 bits per heavy atom. The van der Waals surface area contributed by atoms with Gasteiger partial charge in [-0.05, 0) is 80.8 Å². The molecular weight excluding hydrogens is 468 g/mol. The Balaban J connectivity index is 1.18. The van der Waals surface area contributed by atoms with Crippen LogP contribution in [0.1, 0.15) is 9.75 Å². The van der Waals surface area contributed by atoms with Gasteiger partial charge in [0.1, 0.15) is 0 Å². The molecule has 0 unspecified atom stereocenters. The number of benzene rings is 6. The normalized spacial score (nSPS) is 12.1. The topological polar surface area (TPSA) is 24.7 Å². The Morgan fingerprint density at radius 2 is 0.811 bits per heavy atom. The fourth-order valence-electron chi connectivity index (χ4n) is 4.90. The summed E-state index contributed by atoms with van der Waals surface area (Å²) in [4.78, 5) is 11.9.